The zero-order valence-electron chi connectivity index (χ0n) is 10.6. The highest BCUT2D eigenvalue weighted by atomic mass is 16.5. The van der Waals surface area contributed by atoms with E-state index < -0.39 is 0 Å². The van der Waals surface area contributed by atoms with E-state index in [4.69, 9.17) is 14.2 Å². The van der Waals surface area contributed by atoms with Crippen molar-refractivity contribution in [3.8, 4) is 0 Å². The minimum atomic E-state index is -0.178. The number of hydrogen-bond acceptors (Lipinski definition) is 5. The highest BCUT2D eigenvalue weighted by molar-refractivity contribution is 5.71. The molecule has 0 radical (unpaired) electrons. The van der Waals surface area contributed by atoms with Gasteiger partial charge in [0.05, 0.1) is 26.4 Å². The normalized spacial score (nSPS) is 14.9. The van der Waals surface area contributed by atoms with Crippen molar-refractivity contribution < 1.29 is 19.0 Å². The molecule has 0 spiro atoms. The molecule has 0 bridgehead atoms. The van der Waals surface area contributed by atoms with Gasteiger partial charge in [-0.1, -0.05) is 0 Å². The van der Waals surface area contributed by atoms with Gasteiger partial charge < -0.3 is 19.5 Å². The number of methoxy groups -OCH3 is 1. The maximum atomic E-state index is 11.2. The molecule has 1 rings (SSSR count). The van der Waals surface area contributed by atoms with E-state index in [-0.39, 0.29) is 5.97 Å². The van der Waals surface area contributed by atoms with Crippen LogP contribution in [0.4, 0.5) is 0 Å². The summed E-state index contributed by atoms with van der Waals surface area (Å²) >= 11 is 0. The summed E-state index contributed by atoms with van der Waals surface area (Å²) in [4.78, 5) is 11.2. The Morgan fingerprint density at radius 1 is 1.24 bits per heavy atom. The monoisotopic (exact) mass is 245 g/mol. The van der Waals surface area contributed by atoms with Gasteiger partial charge in [-0.25, -0.2) is 0 Å². The van der Waals surface area contributed by atoms with Crippen LogP contribution in [-0.2, 0) is 19.0 Å². The van der Waals surface area contributed by atoms with Crippen molar-refractivity contribution in [2.24, 2.45) is 5.92 Å². The highest BCUT2D eigenvalue weighted by Crippen LogP contribution is 2.27. The third-order valence-corrected chi connectivity index (χ3v) is 2.53. The Bertz CT molecular complexity index is 207. The molecule has 5 heteroatoms. The Kier molecular flexibility index (Phi) is 7.96. The van der Waals surface area contributed by atoms with Gasteiger partial charge in [0.1, 0.15) is 0 Å². The predicted molar refractivity (Wildman–Crippen MR) is 63.9 cm³/mol. The lowest BCUT2D eigenvalue weighted by Gasteiger charge is -2.06. The Hall–Kier alpha value is -0.650. The largest absolute Gasteiger partial charge is 0.465 e. The summed E-state index contributed by atoms with van der Waals surface area (Å²) in [7, 11) is 1.64. The molecule has 0 aromatic heterocycles. The molecule has 1 fully saturated rings. The summed E-state index contributed by atoms with van der Waals surface area (Å²) < 4.78 is 15.1. The van der Waals surface area contributed by atoms with Crippen molar-refractivity contribution in [3.05, 3.63) is 0 Å². The van der Waals surface area contributed by atoms with Crippen molar-refractivity contribution in [2.75, 3.05) is 46.6 Å². The molecule has 0 aromatic carbocycles. The van der Waals surface area contributed by atoms with Gasteiger partial charge in [0.2, 0.25) is 0 Å². The minimum absolute atomic E-state index is 0.178. The van der Waals surface area contributed by atoms with Crippen LogP contribution in [0.25, 0.3) is 0 Å². The Labute approximate surface area is 103 Å². The Balaban J connectivity index is 1.76. The van der Waals surface area contributed by atoms with Crippen LogP contribution in [0.15, 0.2) is 0 Å². The summed E-state index contributed by atoms with van der Waals surface area (Å²) in [5, 5.41) is 3.09. The first kappa shape index (κ1) is 14.4. The van der Waals surface area contributed by atoms with Crippen LogP contribution in [0.2, 0.25) is 0 Å². The molecule has 1 N–H and O–H groups in total. The summed E-state index contributed by atoms with van der Waals surface area (Å²) in [6, 6.07) is 0. The van der Waals surface area contributed by atoms with Crippen molar-refractivity contribution in [2.45, 2.75) is 19.3 Å². The van der Waals surface area contributed by atoms with Crippen LogP contribution in [0, 0.1) is 5.92 Å². The van der Waals surface area contributed by atoms with Gasteiger partial charge in [-0.15, -0.1) is 0 Å². The van der Waals surface area contributed by atoms with E-state index in [1.165, 1.54) is 12.8 Å². The van der Waals surface area contributed by atoms with E-state index in [1.807, 2.05) is 0 Å². The fourth-order valence-electron chi connectivity index (χ4n) is 1.34. The average molecular weight is 245 g/mol. The van der Waals surface area contributed by atoms with E-state index in [0.717, 1.165) is 18.9 Å². The molecule has 0 saturated heterocycles. The second-order valence-corrected chi connectivity index (χ2v) is 4.25. The first-order valence-electron chi connectivity index (χ1n) is 6.26. The zero-order chi connectivity index (χ0) is 12.3. The number of esters is 1. The van der Waals surface area contributed by atoms with E-state index in [2.05, 4.69) is 5.32 Å². The van der Waals surface area contributed by atoms with Gasteiger partial charge in [0.25, 0.3) is 0 Å². The van der Waals surface area contributed by atoms with Crippen molar-refractivity contribution >= 4 is 5.97 Å². The third-order valence-electron chi connectivity index (χ3n) is 2.53. The summed E-state index contributed by atoms with van der Waals surface area (Å²) in [5.74, 6) is 0.611. The number of carbonyl (C=O) groups excluding carboxylic acids is 1. The standard InChI is InChI=1S/C12H23NO4/c1-15-7-8-16-5-2-6-17-12(14)10-13-9-11-3-4-11/h11,13H,2-10H2,1H3. The average Bonchev–Trinajstić information content (AvgIpc) is 3.12. The van der Waals surface area contributed by atoms with E-state index in [0.29, 0.717) is 33.0 Å². The number of hydrogen-bond donors (Lipinski definition) is 1. The van der Waals surface area contributed by atoms with Gasteiger partial charge >= 0.3 is 5.97 Å². The summed E-state index contributed by atoms with van der Waals surface area (Å²) in [6.45, 7) is 3.48. The summed E-state index contributed by atoms with van der Waals surface area (Å²) in [6.07, 6.45) is 3.32. The molecule has 0 unspecified atom stereocenters. The smallest absolute Gasteiger partial charge is 0.319 e. The number of carbonyl (C=O) groups is 1. The van der Waals surface area contributed by atoms with Crippen LogP contribution in [0.1, 0.15) is 19.3 Å². The van der Waals surface area contributed by atoms with E-state index >= 15 is 0 Å². The molecule has 0 aliphatic heterocycles. The first-order valence-corrected chi connectivity index (χ1v) is 6.26. The second-order valence-electron chi connectivity index (χ2n) is 4.25. The quantitative estimate of drug-likeness (QED) is 0.426. The second kappa shape index (κ2) is 9.39. The molecule has 100 valence electrons. The molecule has 1 saturated carbocycles. The molecule has 17 heavy (non-hydrogen) atoms. The predicted octanol–water partition coefficient (Wildman–Crippen LogP) is 0.582. The topological polar surface area (TPSA) is 56.8 Å². The van der Waals surface area contributed by atoms with Crippen LogP contribution in [0.3, 0.4) is 0 Å². The SMILES string of the molecule is COCCOCCCOC(=O)CNCC1CC1. The number of rotatable bonds is 11. The van der Waals surface area contributed by atoms with E-state index in [1.54, 1.807) is 7.11 Å². The van der Waals surface area contributed by atoms with Gasteiger partial charge in [-0.05, 0) is 25.3 Å². The lowest BCUT2D eigenvalue weighted by molar-refractivity contribution is -0.142. The van der Waals surface area contributed by atoms with Crippen molar-refractivity contribution in [1.29, 1.82) is 0 Å². The maximum Gasteiger partial charge on any atom is 0.319 e. The lowest BCUT2D eigenvalue weighted by atomic mass is 10.4. The van der Waals surface area contributed by atoms with Gasteiger partial charge in [0, 0.05) is 20.1 Å². The molecular formula is C12H23NO4. The molecule has 0 atom stereocenters. The van der Waals surface area contributed by atoms with E-state index in [9.17, 15) is 4.79 Å². The highest BCUT2D eigenvalue weighted by Gasteiger charge is 2.20. The van der Waals surface area contributed by atoms with Gasteiger partial charge in [-0.2, -0.15) is 0 Å². The van der Waals surface area contributed by atoms with Crippen LogP contribution in [0.5, 0.6) is 0 Å². The van der Waals surface area contributed by atoms with Gasteiger partial charge in [0.15, 0.2) is 0 Å². The Morgan fingerprint density at radius 2 is 2.06 bits per heavy atom. The fraction of sp³-hybridized carbons (Fsp3) is 0.917. The van der Waals surface area contributed by atoms with Crippen LogP contribution >= 0.6 is 0 Å². The molecule has 0 heterocycles. The van der Waals surface area contributed by atoms with Gasteiger partial charge in [-0.3, -0.25) is 4.79 Å². The zero-order valence-corrected chi connectivity index (χ0v) is 10.6. The summed E-state index contributed by atoms with van der Waals surface area (Å²) in [5.41, 5.74) is 0. The molecule has 0 aromatic rings. The molecule has 1 aliphatic carbocycles. The number of nitrogens with one attached hydrogen (secondary N) is 1. The molecule has 0 amide bonds. The van der Waals surface area contributed by atoms with Crippen LogP contribution in [-0.4, -0.2) is 52.6 Å². The third kappa shape index (κ3) is 9.09. The molecule has 1 aliphatic rings. The fourth-order valence-corrected chi connectivity index (χ4v) is 1.34. The molecular weight excluding hydrogens is 222 g/mol. The lowest BCUT2D eigenvalue weighted by Crippen LogP contribution is -2.26. The van der Waals surface area contributed by atoms with Crippen molar-refractivity contribution in [3.63, 3.8) is 0 Å². The Morgan fingerprint density at radius 3 is 2.76 bits per heavy atom. The van der Waals surface area contributed by atoms with Crippen molar-refractivity contribution in [1.82, 2.24) is 5.32 Å². The number of ether oxygens (including phenoxy) is 3. The maximum absolute atomic E-state index is 11.2. The minimum Gasteiger partial charge on any atom is -0.465 e. The molecule has 5 nitrogen and oxygen atoms in total. The van der Waals surface area contributed by atoms with Crippen LogP contribution < -0.4 is 5.32 Å². The first-order chi connectivity index (χ1) is 8.33.